The van der Waals surface area contributed by atoms with Crippen molar-refractivity contribution in [3.63, 3.8) is 0 Å². The molecule has 4 rings (SSSR count). The van der Waals surface area contributed by atoms with E-state index in [9.17, 15) is 9.18 Å². The minimum atomic E-state index is -0.383. The number of rotatable bonds is 8. The van der Waals surface area contributed by atoms with Gasteiger partial charge in [-0.1, -0.05) is 12.1 Å². The zero-order valence-corrected chi connectivity index (χ0v) is 18.1. The molecule has 3 aromatic rings. The summed E-state index contributed by atoms with van der Waals surface area (Å²) in [6, 6.07) is 13.8. The molecule has 168 valence electrons. The lowest BCUT2D eigenvalue weighted by atomic mass is 10.2. The zero-order chi connectivity index (χ0) is 22.3. The molecule has 0 unspecified atom stereocenters. The SMILES string of the molecule is CCOc1ccc(CN2CCN(Cc3nc(C(=O)Nc4ccc(F)cc4)co3)CC2)cc1. The van der Waals surface area contributed by atoms with Crippen molar-refractivity contribution in [1.29, 1.82) is 0 Å². The number of halogens is 1. The smallest absolute Gasteiger partial charge is 0.277 e. The van der Waals surface area contributed by atoms with Crippen LogP contribution in [0.15, 0.2) is 59.2 Å². The largest absolute Gasteiger partial charge is 0.494 e. The summed E-state index contributed by atoms with van der Waals surface area (Å²) in [4.78, 5) is 21.3. The zero-order valence-electron chi connectivity index (χ0n) is 18.1. The van der Waals surface area contributed by atoms with E-state index in [2.05, 4.69) is 32.2 Å². The summed E-state index contributed by atoms with van der Waals surface area (Å²) in [6.45, 7) is 7.82. The molecule has 0 aliphatic carbocycles. The number of nitrogens with zero attached hydrogens (tertiary/aromatic N) is 3. The maximum Gasteiger partial charge on any atom is 0.277 e. The number of carbonyl (C=O) groups is 1. The molecule has 0 saturated carbocycles. The quantitative estimate of drug-likeness (QED) is 0.577. The predicted octanol–water partition coefficient (Wildman–Crippen LogP) is 3.78. The summed E-state index contributed by atoms with van der Waals surface area (Å²) in [7, 11) is 0. The fourth-order valence-electron chi connectivity index (χ4n) is 3.63. The topological polar surface area (TPSA) is 70.8 Å². The summed E-state index contributed by atoms with van der Waals surface area (Å²) < 4.78 is 24.0. The summed E-state index contributed by atoms with van der Waals surface area (Å²) in [5, 5.41) is 2.69. The Bertz CT molecular complexity index is 1010. The van der Waals surface area contributed by atoms with Gasteiger partial charge in [-0.05, 0) is 48.9 Å². The van der Waals surface area contributed by atoms with Crippen LogP contribution >= 0.6 is 0 Å². The summed E-state index contributed by atoms with van der Waals surface area (Å²) in [6.07, 6.45) is 1.36. The van der Waals surface area contributed by atoms with Crippen LogP contribution in [0.1, 0.15) is 28.9 Å². The molecule has 1 aliphatic rings. The standard InChI is InChI=1S/C24H27FN4O3/c1-2-31-21-9-3-18(4-10-21)15-28-11-13-29(14-12-28)16-23-27-22(17-32-23)24(30)26-20-7-5-19(25)6-8-20/h3-10,17H,2,11-16H2,1H3,(H,26,30). The van der Waals surface area contributed by atoms with Crippen molar-refractivity contribution >= 4 is 11.6 Å². The number of nitrogens with one attached hydrogen (secondary N) is 1. The molecular formula is C24H27FN4O3. The maximum absolute atomic E-state index is 13.0. The van der Waals surface area contributed by atoms with Crippen LogP contribution in [-0.2, 0) is 13.1 Å². The normalized spacial score (nSPS) is 14.9. The molecular weight excluding hydrogens is 411 g/mol. The van der Waals surface area contributed by atoms with E-state index >= 15 is 0 Å². The monoisotopic (exact) mass is 438 g/mol. The lowest BCUT2D eigenvalue weighted by Crippen LogP contribution is -2.45. The van der Waals surface area contributed by atoms with Crippen molar-refractivity contribution in [3.05, 3.63) is 77.8 Å². The van der Waals surface area contributed by atoms with E-state index in [-0.39, 0.29) is 17.4 Å². The van der Waals surface area contributed by atoms with Gasteiger partial charge in [-0.2, -0.15) is 0 Å². The number of hydrogen-bond donors (Lipinski definition) is 1. The Kier molecular flexibility index (Phi) is 7.14. The molecule has 7 nitrogen and oxygen atoms in total. The van der Waals surface area contributed by atoms with Gasteiger partial charge in [0.15, 0.2) is 5.69 Å². The van der Waals surface area contributed by atoms with Crippen molar-refractivity contribution in [2.75, 3.05) is 38.1 Å². The molecule has 0 bridgehead atoms. The molecule has 2 aromatic carbocycles. The summed E-state index contributed by atoms with van der Waals surface area (Å²) in [5.74, 6) is 0.671. The average Bonchev–Trinajstić information content (AvgIpc) is 3.27. The number of anilines is 1. The predicted molar refractivity (Wildman–Crippen MR) is 119 cm³/mol. The molecule has 2 heterocycles. The van der Waals surface area contributed by atoms with Crippen molar-refractivity contribution in [3.8, 4) is 5.75 Å². The number of hydrogen-bond acceptors (Lipinski definition) is 6. The molecule has 0 radical (unpaired) electrons. The van der Waals surface area contributed by atoms with Crippen LogP contribution in [0.4, 0.5) is 10.1 Å². The van der Waals surface area contributed by atoms with E-state index in [1.165, 1.54) is 36.1 Å². The van der Waals surface area contributed by atoms with Gasteiger partial charge in [-0.15, -0.1) is 0 Å². The summed E-state index contributed by atoms with van der Waals surface area (Å²) in [5.41, 5.74) is 1.98. The lowest BCUT2D eigenvalue weighted by molar-refractivity contribution is 0.102. The number of carbonyl (C=O) groups excluding carboxylic acids is 1. The molecule has 1 fully saturated rings. The van der Waals surface area contributed by atoms with Crippen molar-refractivity contribution in [1.82, 2.24) is 14.8 Å². The Morgan fingerprint density at radius 2 is 1.69 bits per heavy atom. The molecule has 1 aliphatic heterocycles. The van der Waals surface area contributed by atoms with E-state index < -0.39 is 0 Å². The van der Waals surface area contributed by atoms with Crippen molar-refractivity contribution < 1.29 is 18.3 Å². The molecule has 0 spiro atoms. The van der Waals surface area contributed by atoms with Gasteiger partial charge in [0.1, 0.15) is 17.8 Å². The summed E-state index contributed by atoms with van der Waals surface area (Å²) >= 11 is 0. The number of aromatic nitrogens is 1. The number of ether oxygens (including phenoxy) is 1. The van der Waals surface area contributed by atoms with Gasteiger partial charge in [0, 0.05) is 38.4 Å². The molecule has 32 heavy (non-hydrogen) atoms. The Labute approximate surface area is 186 Å². The second kappa shape index (κ2) is 10.4. The van der Waals surface area contributed by atoms with Gasteiger partial charge in [-0.3, -0.25) is 14.6 Å². The van der Waals surface area contributed by atoms with Crippen LogP contribution < -0.4 is 10.1 Å². The Hall–Kier alpha value is -3.23. The Morgan fingerprint density at radius 3 is 2.34 bits per heavy atom. The van der Waals surface area contributed by atoms with Gasteiger partial charge in [-0.25, -0.2) is 9.37 Å². The molecule has 1 N–H and O–H groups in total. The first kappa shape index (κ1) is 22.0. The first-order valence-corrected chi connectivity index (χ1v) is 10.8. The average molecular weight is 439 g/mol. The fraction of sp³-hybridized carbons (Fsp3) is 0.333. The van der Waals surface area contributed by atoms with Gasteiger partial charge >= 0.3 is 0 Å². The Balaban J connectivity index is 1.23. The van der Waals surface area contributed by atoms with E-state index in [4.69, 9.17) is 9.15 Å². The van der Waals surface area contributed by atoms with Crippen LogP contribution in [0.5, 0.6) is 5.75 Å². The first-order chi connectivity index (χ1) is 15.6. The van der Waals surface area contributed by atoms with Crippen LogP contribution in [0.3, 0.4) is 0 Å². The molecule has 1 amide bonds. The third-order valence-corrected chi connectivity index (χ3v) is 5.35. The van der Waals surface area contributed by atoms with E-state index in [1.54, 1.807) is 0 Å². The highest BCUT2D eigenvalue weighted by Crippen LogP contribution is 2.16. The van der Waals surface area contributed by atoms with Crippen molar-refractivity contribution in [2.45, 2.75) is 20.0 Å². The molecule has 0 atom stereocenters. The van der Waals surface area contributed by atoms with Gasteiger partial charge in [0.2, 0.25) is 5.89 Å². The molecule has 1 saturated heterocycles. The highest BCUT2D eigenvalue weighted by molar-refractivity contribution is 6.02. The molecule has 1 aromatic heterocycles. The van der Waals surface area contributed by atoms with Crippen LogP contribution in [0.2, 0.25) is 0 Å². The number of benzene rings is 2. The molecule has 8 heteroatoms. The highest BCUT2D eigenvalue weighted by Gasteiger charge is 2.20. The van der Waals surface area contributed by atoms with Gasteiger partial charge in [0.25, 0.3) is 5.91 Å². The van der Waals surface area contributed by atoms with E-state index in [0.717, 1.165) is 38.5 Å². The number of piperazine rings is 1. The third-order valence-electron chi connectivity index (χ3n) is 5.35. The second-order valence-corrected chi connectivity index (χ2v) is 7.72. The Morgan fingerprint density at radius 1 is 1.03 bits per heavy atom. The lowest BCUT2D eigenvalue weighted by Gasteiger charge is -2.34. The van der Waals surface area contributed by atoms with Crippen LogP contribution in [-0.4, -0.2) is 53.5 Å². The minimum Gasteiger partial charge on any atom is -0.494 e. The van der Waals surface area contributed by atoms with Crippen LogP contribution in [0.25, 0.3) is 0 Å². The third kappa shape index (κ3) is 5.93. The van der Waals surface area contributed by atoms with Crippen LogP contribution in [0, 0.1) is 5.82 Å². The second-order valence-electron chi connectivity index (χ2n) is 7.72. The minimum absolute atomic E-state index is 0.207. The highest BCUT2D eigenvalue weighted by atomic mass is 19.1. The van der Waals surface area contributed by atoms with Gasteiger partial charge in [0.05, 0.1) is 13.2 Å². The van der Waals surface area contributed by atoms with E-state index in [0.29, 0.717) is 24.7 Å². The van der Waals surface area contributed by atoms with Gasteiger partial charge < -0.3 is 14.5 Å². The maximum atomic E-state index is 13.0. The fourth-order valence-corrected chi connectivity index (χ4v) is 3.63. The number of amides is 1. The first-order valence-electron chi connectivity index (χ1n) is 10.8. The van der Waals surface area contributed by atoms with E-state index in [1.807, 2.05) is 19.1 Å². The number of oxazole rings is 1. The van der Waals surface area contributed by atoms with Crippen molar-refractivity contribution in [2.24, 2.45) is 0 Å².